The SMILES string of the molecule is CCOC(=O)c1[nH]c2c(c1-c1cccc(Br)c1)C(=O)c1ccccc1C2=O. The third kappa shape index (κ3) is 2.73. The van der Waals surface area contributed by atoms with E-state index in [0.717, 1.165) is 4.47 Å². The summed E-state index contributed by atoms with van der Waals surface area (Å²) in [6.45, 7) is 1.88. The van der Waals surface area contributed by atoms with Crippen LogP contribution >= 0.6 is 15.9 Å². The Balaban J connectivity index is 2.03. The van der Waals surface area contributed by atoms with E-state index >= 15 is 0 Å². The maximum Gasteiger partial charge on any atom is 0.355 e. The summed E-state index contributed by atoms with van der Waals surface area (Å²) in [5.41, 5.74) is 2.13. The number of aromatic nitrogens is 1. The number of esters is 1. The molecule has 27 heavy (non-hydrogen) atoms. The molecule has 5 nitrogen and oxygen atoms in total. The lowest BCUT2D eigenvalue weighted by Gasteiger charge is -2.15. The molecule has 1 aliphatic carbocycles. The van der Waals surface area contributed by atoms with Gasteiger partial charge in [-0.05, 0) is 24.6 Å². The maximum atomic E-state index is 13.2. The Morgan fingerprint density at radius 3 is 2.37 bits per heavy atom. The van der Waals surface area contributed by atoms with Gasteiger partial charge in [-0.3, -0.25) is 9.59 Å². The number of H-pyrrole nitrogens is 1. The fourth-order valence-electron chi connectivity index (χ4n) is 3.33. The molecule has 0 amide bonds. The number of carbonyl (C=O) groups excluding carboxylic acids is 3. The molecule has 4 rings (SSSR count). The molecule has 0 radical (unpaired) electrons. The van der Waals surface area contributed by atoms with Crippen molar-refractivity contribution in [2.45, 2.75) is 6.92 Å². The van der Waals surface area contributed by atoms with Crippen LogP contribution in [-0.4, -0.2) is 29.1 Å². The monoisotopic (exact) mass is 423 g/mol. The molecule has 0 saturated heterocycles. The molecule has 0 fully saturated rings. The number of nitrogens with one attached hydrogen (secondary N) is 1. The fraction of sp³-hybridized carbons (Fsp3) is 0.0952. The minimum absolute atomic E-state index is 0.106. The predicted octanol–water partition coefficient (Wildman–Crippen LogP) is 4.40. The van der Waals surface area contributed by atoms with Gasteiger partial charge < -0.3 is 9.72 Å². The zero-order valence-corrected chi connectivity index (χ0v) is 15.9. The van der Waals surface area contributed by atoms with Crippen LogP contribution in [0, 0.1) is 0 Å². The van der Waals surface area contributed by atoms with Crippen LogP contribution in [0.3, 0.4) is 0 Å². The minimum Gasteiger partial charge on any atom is -0.461 e. The molecule has 134 valence electrons. The number of ether oxygens (including phenoxy) is 1. The van der Waals surface area contributed by atoms with Gasteiger partial charge in [-0.1, -0.05) is 52.3 Å². The molecule has 0 bridgehead atoms. The number of halogens is 1. The fourth-order valence-corrected chi connectivity index (χ4v) is 3.73. The quantitative estimate of drug-likeness (QED) is 0.495. The highest BCUT2D eigenvalue weighted by Gasteiger charge is 2.37. The maximum absolute atomic E-state index is 13.2. The average molecular weight is 424 g/mol. The van der Waals surface area contributed by atoms with E-state index in [1.54, 1.807) is 49.4 Å². The lowest BCUT2D eigenvalue weighted by Crippen LogP contribution is -2.20. The van der Waals surface area contributed by atoms with Gasteiger partial charge in [-0.25, -0.2) is 4.79 Å². The molecular formula is C21H14BrNO4. The molecule has 1 N–H and O–H groups in total. The van der Waals surface area contributed by atoms with E-state index in [1.807, 2.05) is 6.07 Å². The van der Waals surface area contributed by atoms with Crippen LogP contribution in [0.15, 0.2) is 53.0 Å². The van der Waals surface area contributed by atoms with Crippen LogP contribution < -0.4 is 0 Å². The summed E-state index contributed by atoms with van der Waals surface area (Å²) >= 11 is 3.41. The molecule has 0 saturated carbocycles. The van der Waals surface area contributed by atoms with Crippen molar-refractivity contribution >= 4 is 33.5 Å². The second-order valence-electron chi connectivity index (χ2n) is 6.06. The first-order chi connectivity index (χ1) is 13.0. The van der Waals surface area contributed by atoms with Crippen LogP contribution in [0.2, 0.25) is 0 Å². The van der Waals surface area contributed by atoms with E-state index in [9.17, 15) is 14.4 Å². The second kappa shape index (κ2) is 6.63. The summed E-state index contributed by atoms with van der Waals surface area (Å²) in [7, 11) is 0. The highest BCUT2D eigenvalue weighted by molar-refractivity contribution is 9.10. The predicted molar refractivity (Wildman–Crippen MR) is 103 cm³/mol. The van der Waals surface area contributed by atoms with Crippen molar-refractivity contribution in [1.82, 2.24) is 4.98 Å². The van der Waals surface area contributed by atoms with E-state index in [-0.39, 0.29) is 35.1 Å². The smallest absolute Gasteiger partial charge is 0.355 e. The Morgan fingerprint density at radius 2 is 1.70 bits per heavy atom. The van der Waals surface area contributed by atoms with Crippen LogP contribution in [0.1, 0.15) is 49.4 Å². The standard InChI is InChI=1S/C21H14BrNO4/c1-2-27-21(26)18-15(11-6-5-7-12(22)10-11)16-17(23-18)20(25)14-9-4-3-8-13(14)19(16)24/h3-10,23H,2H2,1H3. The zero-order valence-electron chi connectivity index (χ0n) is 14.3. The number of ketones is 2. The van der Waals surface area contributed by atoms with E-state index in [4.69, 9.17) is 4.74 Å². The Hall–Kier alpha value is -2.99. The van der Waals surface area contributed by atoms with Crippen LogP contribution in [0.4, 0.5) is 0 Å². The van der Waals surface area contributed by atoms with Gasteiger partial charge in [0.2, 0.25) is 5.78 Å². The zero-order chi connectivity index (χ0) is 19.1. The van der Waals surface area contributed by atoms with E-state index in [1.165, 1.54) is 0 Å². The Bertz CT molecular complexity index is 1110. The minimum atomic E-state index is -0.605. The summed E-state index contributed by atoms with van der Waals surface area (Å²) in [5, 5.41) is 0. The molecule has 1 heterocycles. The van der Waals surface area contributed by atoms with Crippen molar-refractivity contribution in [2.24, 2.45) is 0 Å². The average Bonchev–Trinajstić information content (AvgIpc) is 3.07. The number of hydrogen-bond acceptors (Lipinski definition) is 4. The van der Waals surface area contributed by atoms with E-state index < -0.39 is 5.97 Å². The third-order valence-corrected chi connectivity index (χ3v) is 4.96. The molecule has 0 aliphatic heterocycles. The van der Waals surface area contributed by atoms with Crippen molar-refractivity contribution in [3.05, 3.63) is 81.1 Å². The lowest BCUT2D eigenvalue weighted by molar-refractivity contribution is 0.0521. The first-order valence-corrected chi connectivity index (χ1v) is 9.19. The summed E-state index contributed by atoms with van der Waals surface area (Å²) < 4.78 is 5.93. The molecule has 2 aromatic carbocycles. The van der Waals surface area contributed by atoms with Crippen molar-refractivity contribution in [3.63, 3.8) is 0 Å². The second-order valence-corrected chi connectivity index (χ2v) is 6.98. The van der Waals surface area contributed by atoms with E-state index in [2.05, 4.69) is 20.9 Å². The summed E-state index contributed by atoms with van der Waals surface area (Å²) in [5.74, 6) is -1.21. The van der Waals surface area contributed by atoms with Crippen molar-refractivity contribution in [1.29, 1.82) is 0 Å². The van der Waals surface area contributed by atoms with Crippen molar-refractivity contribution in [2.75, 3.05) is 6.61 Å². The molecule has 0 spiro atoms. The van der Waals surface area contributed by atoms with Crippen LogP contribution in [-0.2, 0) is 4.74 Å². The first-order valence-electron chi connectivity index (χ1n) is 8.40. The van der Waals surface area contributed by atoms with Gasteiger partial charge in [0.05, 0.1) is 17.9 Å². The van der Waals surface area contributed by atoms with Crippen LogP contribution in [0.5, 0.6) is 0 Å². The molecule has 1 aromatic heterocycles. The van der Waals surface area contributed by atoms with Gasteiger partial charge in [-0.2, -0.15) is 0 Å². The topological polar surface area (TPSA) is 76.2 Å². The first kappa shape index (κ1) is 17.4. The van der Waals surface area contributed by atoms with Gasteiger partial charge in [0.15, 0.2) is 5.78 Å². The van der Waals surface area contributed by atoms with E-state index in [0.29, 0.717) is 22.3 Å². The third-order valence-electron chi connectivity index (χ3n) is 4.46. The largest absolute Gasteiger partial charge is 0.461 e. The summed E-state index contributed by atoms with van der Waals surface area (Å²) in [6, 6.07) is 13.9. The molecule has 6 heteroatoms. The van der Waals surface area contributed by atoms with Gasteiger partial charge in [0.1, 0.15) is 5.69 Å². The number of benzene rings is 2. The molecule has 0 atom stereocenters. The van der Waals surface area contributed by atoms with Crippen molar-refractivity contribution < 1.29 is 19.1 Å². The normalized spacial score (nSPS) is 12.5. The van der Waals surface area contributed by atoms with Gasteiger partial charge in [0.25, 0.3) is 0 Å². The lowest BCUT2D eigenvalue weighted by atomic mass is 9.85. The Kier molecular flexibility index (Phi) is 4.28. The van der Waals surface area contributed by atoms with Crippen molar-refractivity contribution in [3.8, 4) is 11.1 Å². The van der Waals surface area contributed by atoms with Gasteiger partial charge in [-0.15, -0.1) is 0 Å². The number of rotatable bonds is 3. The number of aromatic amines is 1. The number of carbonyl (C=O) groups is 3. The number of fused-ring (bicyclic) bond motifs is 2. The Labute approximate surface area is 163 Å². The molecular weight excluding hydrogens is 410 g/mol. The summed E-state index contributed by atoms with van der Waals surface area (Å²) in [4.78, 5) is 41.5. The van der Waals surface area contributed by atoms with Crippen LogP contribution in [0.25, 0.3) is 11.1 Å². The highest BCUT2D eigenvalue weighted by Crippen LogP contribution is 2.38. The molecule has 1 aliphatic rings. The number of hydrogen-bond donors (Lipinski definition) is 1. The molecule has 0 unspecified atom stereocenters. The molecule has 3 aromatic rings. The Morgan fingerprint density at radius 1 is 1.00 bits per heavy atom. The summed E-state index contributed by atoms with van der Waals surface area (Å²) in [6.07, 6.45) is 0. The van der Waals surface area contributed by atoms with Gasteiger partial charge in [0, 0.05) is 21.2 Å². The highest BCUT2D eigenvalue weighted by atomic mass is 79.9. The van der Waals surface area contributed by atoms with Gasteiger partial charge >= 0.3 is 5.97 Å².